The first-order valence-electron chi connectivity index (χ1n) is 8.13. The number of piperazine rings is 1. The molecule has 1 aromatic heterocycles. The van der Waals surface area contributed by atoms with Gasteiger partial charge in [0.2, 0.25) is 5.91 Å². The van der Waals surface area contributed by atoms with Crippen LogP contribution in [-0.2, 0) is 11.3 Å². The number of carbonyl (C=O) groups excluding carboxylic acids is 1. The van der Waals surface area contributed by atoms with Gasteiger partial charge < -0.3 is 9.80 Å². The van der Waals surface area contributed by atoms with Gasteiger partial charge >= 0.3 is 0 Å². The number of amides is 1. The second-order valence-electron chi connectivity index (χ2n) is 5.83. The van der Waals surface area contributed by atoms with Crippen molar-refractivity contribution < 1.29 is 4.79 Å². The van der Waals surface area contributed by atoms with Crippen LogP contribution in [0.15, 0.2) is 35.4 Å². The number of aryl methyl sites for hydroxylation is 1. The average Bonchev–Trinajstić information content (AvgIpc) is 2.61. The van der Waals surface area contributed by atoms with Crippen LogP contribution in [0, 0.1) is 0 Å². The Balaban J connectivity index is 1.63. The van der Waals surface area contributed by atoms with Crippen LogP contribution in [0.1, 0.15) is 13.3 Å². The van der Waals surface area contributed by atoms with Gasteiger partial charge in [0, 0.05) is 39.1 Å². The molecular weight excluding hydrogens is 292 g/mol. The first kappa shape index (κ1) is 15.7. The van der Waals surface area contributed by atoms with Crippen molar-refractivity contribution in [3.8, 4) is 0 Å². The highest BCUT2D eigenvalue weighted by molar-refractivity contribution is 5.77. The fourth-order valence-corrected chi connectivity index (χ4v) is 2.95. The standard InChI is InChI=1S/C17H22N4O2/c1-2-19-9-11-20(12-10-19)16(22)7-8-21-13-18-15-6-4-3-5-14(15)17(21)23/h3-6,13H,2,7-12H2,1H3. The third-order valence-electron chi connectivity index (χ3n) is 4.47. The number of aromatic nitrogens is 2. The van der Waals surface area contributed by atoms with Crippen molar-refractivity contribution in [3.63, 3.8) is 0 Å². The van der Waals surface area contributed by atoms with Crippen molar-refractivity contribution in [3.05, 3.63) is 40.9 Å². The fraction of sp³-hybridized carbons (Fsp3) is 0.471. The Morgan fingerprint density at radius 2 is 1.91 bits per heavy atom. The van der Waals surface area contributed by atoms with Gasteiger partial charge in [-0.25, -0.2) is 4.98 Å². The zero-order valence-corrected chi connectivity index (χ0v) is 13.4. The summed E-state index contributed by atoms with van der Waals surface area (Å²) < 4.78 is 1.53. The lowest BCUT2D eigenvalue weighted by atomic mass is 10.2. The summed E-state index contributed by atoms with van der Waals surface area (Å²) in [6.07, 6.45) is 1.87. The predicted octanol–water partition coefficient (Wildman–Crippen LogP) is 0.951. The van der Waals surface area contributed by atoms with Gasteiger partial charge in [-0.2, -0.15) is 0 Å². The number of fused-ring (bicyclic) bond motifs is 1. The van der Waals surface area contributed by atoms with E-state index in [4.69, 9.17) is 0 Å². The molecule has 0 atom stereocenters. The first-order chi connectivity index (χ1) is 11.2. The summed E-state index contributed by atoms with van der Waals surface area (Å²) in [5.74, 6) is 0.112. The molecule has 23 heavy (non-hydrogen) atoms. The maximum Gasteiger partial charge on any atom is 0.261 e. The van der Waals surface area contributed by atoms with Crippen LogP contribution >= 0.6 is 0 Å². The van der Waals surface area contributed by atoms with E-state index in [1.807, 2.05) is 23.1 Å². The Kier molecular flexibility index (Phi) is 4.71. The van der Waals surface area contributed by atoms with Crippen molar-refractivity contribution in [1.82, 2.24) is 19.4 Å². The molecule has 1 aliphatic heterocycles. The number of nitrogens with zero attached hydrogens (tertiary/aromatic N) is 4. The van der Waals surface area contributed by atoms with Crippen molar-refractivity contribution >= 4 is 16.8 Å². The molecule has 6 nitrogen and oxygen atoms in total. The van der Waals surface area contributed by atoms with Gasteiger partial charge in [0.15, 0.2) is 0 Å². The van der Waals surface area contributed by atoms with E-state index in [-0.39, 0.29) is 11.5 Å². The zero-order valence-electron chi connectivity index (χ0n) is 13.4. The smallest absolute Gasteiger partial charge is 0.261 e. The van der Waals surface area contributed by atoms with Crippen LogP contribution in [0.4, 0.5) is 0 Å². The molecule has 1 saturated heterocycles. The quantitative estimate of drug-likeness (QED) is 0.843. The molecule has 6 heteroatoms. The minimum absolute atomic E-state index is 0.0841. The number of hydrogen-bond donors (Lipinski definition) is 0. The predicted molar refractivity (Wildman–Crippen MR) is 89.3 cm³/mol. The van der Waals surface area contributed by atoms with Crippen LogP contribution < -0.4 is 5.56 Å². The maximum absolute atomic E-state index is 12.4. The van der Waals surface area contributed by atoms with E-state index in [0.29, 0.717) is 23.9 Å². The summed E-state index contributed by atoms with van der Waals surface area (Å²) in [4.78, 5) is 33.2. The first-order valence-corrected chi connectivity index (χ1v) is 8.13. The van der Waals surface area contributed by atoms with Gasteiger partial charge in [-0.05, 0) is 18.7 Å². The molecule has 1 aliphatic rings. The summed E-state index contributed by atoms with van der Waals surface area (Å²) in [6.45, 7) is 6.95. The molecule has 2 aromatic rings. The van der Waals surface area contributed by atoms with E-state index in [9.17, 15) is 9.59 Å². The Labute approximate surface area is 135 Å². The Morgan fingerprint density at radius 1 is 1.17 bits per heavy atom. The van der Waals surface area contributed by atoms with E-state index < -0.39 is 0 Å². The van der Waals surface area contributed by atoms with E-state index in [1.165, 1.54) is 10.9 Å². The van der Waals surface area contributed by atoms with Gasteiger partial charge in [-0.15, -0.1) is 0 Å². The number of rotatable bonds is 4. The fourth-order valence-electron chi connectivity index (χ4n) is 2.95. The van der Waals surface area contributed by atoms with E-state index in [0.717, 1.165) is 32.7 Å². The molecule has 1 fully saturated rings. The van der Waals surface area contributed by atoms with Crippen molar-refractivity contribution in [1.29, 1.82) is 0 Å². The highest BCUT2D eigenvalue weighted by atomic mass is 16.2. The molecule has 0 N–H and O–H groups in total. The monoisotopic (exact) mass is 314 g/mol. The third kappa shape index (κ3) is 3.42. The molecule has 0 radical (unpaired) electrons. The molecule has 1 aromatic carbocycles. The lowest BCUT2D eigenvalue weighted by molar-refractivity contribution is -0.133. The molecule has 0 spiro atoms. The highest BCUT2D eigenvalue weighted by Crippen LogP contribution is 2.06. The summed E-state index contributed by atoms with van der Waals surface area (Å²) in [5.41, 5.74) is 0.606. The molecular formula is C17H22N4O2. The van der Waals surface area contributed by atoms with Crippen LogP contribution in [0.2, 0.25) is 0 Å². The van der Waals surface area contributed by atoms with Gasteiger partial charge in [-0.1, -0.05) is 19.1 Å². The normalized spacial score (nSPS) is 16.0. The second-order valence-corrected chi connectivity index (χ2v) is 5.83. The summed E-state index contributed by atoms with van der Waals surface area (Å²) in [6, 6.07) is 7.28. The minimum Gasteiger partial charge on any atom is -0.340 e. The minimum atomic E-state index is -0.0841. The number of carbonyl (C=O) groups is 1. The number of hydrogen-bond acceptors (Lipinski definition) is 4. The van der Waals surface area contributed by atoms with Gasteiger partial charge in [0.05, 0.1) is 17.2 Å². The highest BCUT2D eigenvalue weighted by Gasteiger charge is 2.19. The Morgan fingerprint density at radius 3 is 2.65 bits per heavy atom. The molecule has 122 valence electrons. The zero-order chi connectivity index (χ0) is 16.2. The average molecular weight is 314 g/mol. The number of likely N-dealkylation sites (N-methyl/N-ethyl adjacent to an activating group) is 1. The summed E-state index contributed by atoms with van der Waals surface area (Å²) >= 11 is 0. The Bertz CT molecular complexity index is 748. The van der Waals surface area contributed by atoms with E-state index >= 15 is 0 Å². The van der Waals surface area contributed by atoms with Crippen molar-refractivity contribution in [2.24, 2.45) is 0 Å². The number of para-hydroxylation sites is 1. The SMILES string of the molecule is CCN1CCN(C(=O)CCn2cnc3ccccc3c2=O)CC1. The summed E-state index contributed by atoms with van der Waals surface area (Å²) in [7, 11) is 0. The van der Waals surface area contributed by atoms with Gasteiger partial charge in [0.25, 0.3) is 5.56 Å². The maximum atomic E-state index is 12.4. The molecule has 2 heterocycles. The van der Waals surface area contributed by atoms with Gasteiger partial charge in [0.1, 0.15) is 0 Å². The van der Waals surface area contributed by atoms with Crippen LogP contribution in [0.3, 0.4) is 0 Å². The molecule has 0 saturated carbocycles. The molecule has 3 rings (SSSR count). The van der Waals surface area contributed by atoms with Crippen molar-refractivity contribution in [2.75, 3.05) is 32.7 Å². The largest absolute Gasteiger partial charge is 0.340 e. The van der Waals surface area contributed by atoms with Gasteiger partial charge in [-0.3, -0.25) is 14.2 Å². The third-order valence-corrected chi connectivity index (χ3v) is 4.47. The second kappa shape index (κ2) is 6.91. The molecule has 1 amide bonds. The topological polar surface area (TPSA) is 58.4 Å². The lowest BCUT2D eigenvalue weighted by Gasteiger charge is -2.34. The molecule has 0 bridgehead atoms. The van der Waals surface area contributed by atoms with Crippen LogP contribution in [-0.4, -0.2) is 58.0 Å². The van der Waals surface area contributed by atoms with Crippen LogP contribution in [0.5, 0.6) is 0 Å². The van der Waals surface area contributed by atoms with E-state index in [2.05, 4.69) is 16.8 Å². The van der Waals surface area contributed by atoms with Crippen LogP contribution in [0.25, 0.3) is 10.9 Å². The van der Waals surface area contributed by atoms with E-state index in [1.54, 1.807) is 6.07 Å². The Hall–Kier alpha value is -2.21. The molecule has 0 unspecified atom stereocenters. The molecule has 0 aliphatic carbocycles. The lowest BCUT2D eigenvalue weighted by Crippen LogP contribution is -2.48. The van der Waals surface area contributed by atoms with Crippen molar-refractivity contribution in [2.45, 2.75) is 19.9 Å². The summed E-state index contributed by atoms with van der Waals surface area (Å²) in [5, 5.41) is 0.596. The number of benzene rings is 1.